The minimum atomic E-state index is -0.112. The average Bonchev–Trinajstić information content (AvgIpc) is 2.88. The van der Waals surface area contributed by atoms with Crippen molar-refractivity contribution in [3.8, 4) is 0 Å². The average molecular weight is 328 g/mol. The van der Waals surface area contributed by atoms with Gasteiger partial charge in [0.2, 0.25) is 5.91 Å². The van der Waals surface area contributed by atoms with Crippen LogP contribution in [-0.4, -0.2) is 15.5 Å². The molecular weight excluding hydrogens is 310 g/mol. The quantitative estimate of drug-likeness (QED) is 0.760. The van der Waals surface area contributed by atoms with E-state index in [9.17, 15) is 4.79 Å². The number of amides is 1. The van der Waals surface area contributed by atoms with Gasteiger partial charge in [0.1, 0.15) is 12.4 Å². The third-order valence-corrected chi connectivity index (χ3v) is 3.99. The molecule has 5 heteroatoms. The van der Waals surface area contributed by atoms with E-state index in [-0.39, 0.29) is 12.5 Å². The summed E-state index contributed by atoms with van der Waals surface area (Å²) < 4.78 is 1.98. The Morgan fingerprint density at radius 3 is 2.70 bits per heavy atom. The van der Waals surface area contributed by atoms with E-state index in [0.29, 0.717) is 10.7 Å². The number of nitrogens with one attached hydrogen (secondary N) is 1. The molecule has 1 N–H and O–H groups in total. The maximum atomic E-state index is 12.4. The summed E-state index contributed by atoms with van der Waals surface area (Å²) in [6.45, 7) is 2.33. The zero-order valence-corrected chi connectivity index (χ0v) is 13.7. The molecule has 23 heavy (non-hydrogen) atoms. The van der Waals surface area contributed by atoms with Crippen molar-refractivity contribution < 1.29 is 4.79 Å². The van der Waals surface area contributed by atoms with Gasteiger partial charge in [0.25, 0.3) is 0 Å². The third-order valence-electron chi connectivity index (χ3n) is 3.66. The molecule has 0 spiro atoms. The molecule has 0 aliphatic carbocycles. The van der Waals surface area contributed by atoms with E-state index in [2.05, 4.69) is 17.2 Å². The molecule has 1 amide bonds. The second kappa shape index (κ2) is 6.84. The maximum absolute atomic E-state index is 12.4. The molecule has 0 saturated heterocycles. The first-order valence-corrected chi connectivity index (χ1v) is 8.05. The summed E-state index contributed by atoms with van der Waals surface area (Å²) >= 11 is 6.09. The van der Waals surface area contributed by atoms with Crippen molar-refractivity contribution in [2.75, 3.05) is 5.32 Å². The van der Waals surface area contributed by atoms with Gasteiger partial charge in [-0.3, -0.25) is 4.79 Å². The molecule has 4 nitrogen and oxygen atoms in total. The highest BCUT2D eigenvalue weighted by Gasteiger charge is 2.13. The van der Waals surface area contributed by atoms with Gasteiger partial charge in [-0.1, -0.05) is 42.8 Å². The minimum absolute atomic E-state index is 0.112. The van der Waals surface area contributed by atoms with E-state index in [1.54, 1.807) is 12.1 Å². The van der Waals surface area contributed by atoms with Gasteiger partial charge in [-0.25, -0.2) is 4.98 Å². The van der Waals surface area contributed by atoms with E-state index in [4.69, 9.17) is 11.6 Å². The molecule has 0 atom stereocenters. The van der Waals surface area contributed by atoms with E-state index in [0.717, 1.165) is 29.7 Å². The van der Waals surface area contributed by atoms with Crippen LogP contribution in [0.4, 0.5) is 5.69 Å². The number of aromatic nitrogens is 2. The molecule has 3 rings (SSSR count). The summed E-state index contributed by atoms with van der Waals surface area (Å²) in [5, 5.41) is 3.40. The number of aryl methyl sites for hydroxylation is 1. The molecule has 2 aromatic carbocycles. The number of para-hydroxylation sites is 3. The Balaban J connectivity index is 1.87. The van der Waals surface area contributed by atoms with Crippen molar-refractivity contribution in [1.82, 2.24) is 9.55 Å². The molecule has 1 heterocycles. The lowest BCUT2D eigenvalue weighted by Gasteiger charge is -2.10. The van der Waals surface area contributed by atoms with Crippen LogP contribution in [-0.2, 0) is 17.8 Å². The van der Waals surface area contributed by atoms with Gasteiger partial charge in [0.15, 0.2) is 0 Å². The van der Waals surface area contributed by atoms with E-state index >= 15 is 0 Å². The van der Waals surface area contributed by atoms with Crippen LogP contribution in [0.15, 0.2) is 48.5 Å². The fourth-order valence-electron chi connectivity index (χ4n) is 2.61. The molecule has 0 saturated carbocycles. The molecule has 0 bridgehead atoms. The van der Waals surface area contributed by atoms with Crippen LogP contribution >= 0.6 is 11.6 Å². The molecule has 1 aromatic heterocycles. The monoisotopic (exact) mass is 327 g/mol. The van der Waals surface area contributed by atoms with Gasteiger partial charge in [-0.15, -0.1) is 0 Å². The number of carbonyl (C=O) groups excluding carboxylic acids is 1. The molecule has 0 unspecified atom stereocenters. The fraction of sp³-hybridized carbons (Fsp3) is 0.222. The lowest BCUT2D eigenvalue weighted by atomic mass is 10.3. The Labute approximate surface area is 140 Å². The Kier molecular flexibility index (Phi) is 4.63. The Bertz CT molecular complexity index is 841. The second-order valence-electron chi connectivity index (χ2n) is 5.38. The first-order valence-electron chi connectivity index (χ1n) is 7.67. The number of carbonyl (C=O) groups is 1. The highest BCUT2D eigenvalue weighted by Crippen LogP contribution is 2.21. The Morgan fingerprint density at radius 2 is 1.91 bits per heavy atom. The molecule has 0 fully saturated rings. The van der Waals surface area contributed by atoms with Crippen LogP contribution in [0.3, 0.4) is 0 Å². The summed E-state index contributed by atoms with van der Waals surface area (Å²) in [4.78, 5) is 17.1. The van der Waals surface area contributed by atoms with Gasteiger partial charge < -0.3 is 9.88 Å². The van der Waals surface area contributed by atoms with Gasteiger partial charge >= 0.3 is 0 Å². The highest BCUT2D eigenvalue weighted by atomic mass is 35.5. The number of fused-ring (bicyclic) bond motifs is 1. The summed E-state index contributed by atoms with van der Waals surface area (Å²) in [6, 6.07) is 15.1. The predicted molar refractivity (Wildman–Crippen MR) is 93.8 cm³/mol. The van der Waals surface area contributed by atoms with Crippen molar-refractivity contribution in [2.45, 2.75) is 26.3 Å². The predicted octanol–water partition coefficient (Wildman–Crippen LogP) is 4.28. The number of imidazole rings is 1. The lowest BCUT2D eigenvalue weighted by molar-refractivity contribution is -0.116. The number of rotatable bonds is 5. The number of hydrogen-bond acceptors (Lipinski definition) is 2. The first-order chi connectivity index (χ1) is 11.2. The largest absolute Gasteiger partial charge is 0.323 e. The minimum Gasteiger partial charge on any atom is -0.323 e. The highest BCUT2D eigenvalue weighted by molar-refractivity contribution is 6.33. The number of nitrogens with zero attached hydrogens (tertiary/aromatic N) is 2. The van der Waals surface area contributed by atoms with E-state index < -0.39 is 0 Å². The summed E-state index contributed by atoms with van der Waals surface area (Å²) in [6.07, 6.45) is 1.82. The summed E-state index contributed by atoms with van der Waals surface area (Å²) in [5.74, 6) is 0.821. The molecule has 0 aliphatic heterocycles. The van der Waals surface area contributed by atoms with Crippen LogP contribution in [0.25, 0.3) is 11.0 Å². The van der Waals surface area contributed by atoms with Crippen molar-refractivity contribution in [3.63, 3.8) is 0 Å². The van der Waals surface area contributed by atoms with Crippen LogP contribution in [0, 0.1) is 0 Å². The smallest absolute Gasteiger partial charge is 0.244 e. The van der Waals surface area contributed by atoms with Crippen molar-refractivity contribution in [1.29, 1.82) is 0 Å². The number of benzene rings is 2. The Hall–Kier alpha value is -2.33. The van der Waals surface area contributed by atoms with Gasteiger partial charge in [0.05, 0.1) is 21.7 Å². The second-order valence-corrected chi connectivity index (χ2v) is 5.79. The van der Waals surface area contributed by atoms with Crippen LogP contribution in [0.5, 0.6) is 0 Å². The molecule has 0 radical (unpaired) electrons. The standard InChI is InChI=1S/C18H18ClN3O/c1-2-7-17-20-15-10-5-6-11-16(15)22(17)12-18(23)21-14-9-4-3-8-13(14)19/h3-6,8-11H,2,7,12H2,1H3,(H,21,23). The van der Waals surface area contributed by atoms with Crippen LogP contribution in [0.2, 0.25) is 5.02 Å². The summed E-state index contributed by atoms with van der Waals surface area (Å²) in [7, 11) is 0. The zero-order valence-electron chi connectivity index (χ0n) is 12.9. The van der Waals surface area contributed by atoms with Crippen LogP contribution < -0.4 is 5.32 Å². The molecule has 3 aromatic rings. The first kappa shape index (κ1) is 15.6. The third kappa shape index (κ3) is 3.37. The fourth-order valence-corrected chi connectivity index (χ4v) is 2.80. The van der Waals surface area contributed by atoms with E-state index in [1.807, 2.05) is 41.0 Å². The number of anilines is 1. The molecule has 118 valence electrons. The van der Waals surface area contributed by atoms with Crippen molar-refractivity contribution >= 4 is 34.2 Å². The Morgan fingerprint density at radius 1 is 1.17 bits per heavy atom. The topological polar surface area (TPSA) is 46.9 Å². The molecular formula is C18H18ClN3O. The van der Waals surface area contributed by atoms with Crippen molar-refractivity contribution in [2.24, 2.45) is 0 Å². The SMILES string of the molecule is CCCc1nc2ccccc2n1CC(=O)Nc1ccccc1Cl. The maximum Gasteiger partial charge on any atom is 0.244 e. The summed E-state index contributed by atoms with van der Waals surface area (Å²) in [5.41, 5.74) is 2.52. The van der Waals surface area contributed by atoms with Gasteiger partial charge in [-0.2, -0.15) is 0 Å². The zero-order chi connectivity index (χ0) is 16.2. The van der Waals surface area contributed by atoms with Gasteiger partial charge in [-0.05, 0) is 30.7 Å². The van der Waals surface area contributed by atoms with Gasteiger partial charge in [0, 0.05) is 6.42 Å². The molecule has 0 aliphatic rings. The van der Waals surface area contributed by atoms with E-state index in [1.165, 1.54) is 0 Å². The van der Waals surface area contributed by atoms with Crippen molar-refractivity contribution in [3.05, 3.63) is 59.4 Å². The lowest BCUT2D eigenvalue weighted by Crippen LogP contribution is -2.20. The van der Waals surface area contributed by atoms with Crippen LogP contribution in [0.1, 0.15) is 19.2 Å². The normalized spacial score (nSPS) is 10.9. The number of hydrogen-bond donors (Lipinski definition) is 1. The number of halogens is 1.